The van der Waals surface area contributed by atoms with Crippen molar-refractivity contribution in [2.45, 2.75) is 26.7 Å². The van der Waals surface area contributed by atoms with Crippen molar-refractivity contribution in [3.8, 4) is 0 Å². The zero-order chi connectivity index (χ0) is 7.56. The first-order chi connectivity index (χ1) is 4.74. The number of rotatable bonds is 2. The molecule has 1 aliphatic rings. The van der Waals surface area contributed by atoms with E-state index in [9.17, 15) is 0 Å². The van der Waals surface area contributed by atoms with E-state index in [0.717, 1.165) is 11.8 Å². The van der Waals surface area contributed by atoms with Crippen molar-refractivity contribution in [1.82, 2.24) is 4.90 Å². The summed E-state index contributed by atoms with van der Waals surface area (Å²) in [4.78, 5) is 2.45. The fraction of sp³-hybridized carbons (Fsp3) is 1.00. The van der Waals surface area contributed by atoms with Crippen molar-refractivity contribution < 1.29 is 0 Å². The average Bonchev–Trinajstić information content (AvgIpc) is 2.13. The van der Waals surface area contributed by atoms with E-state index in [2.05, 4.69) is 25.8 Å². The molecule has 0 aliphatic carbocycles. The Bertz CT molecular complexity index is 101. The summed E-state index contributed by atoms with van der Waals surface area (Å²) in [6.07, 6.45) is 2.77. The highest BCUT2D eigenvalue weighted by molar-refractivity contribution is 4.78. The molecule has 0 aromatic carbocycles. The third kappa shape index (κ3) is 1.72. The van der Waals surface area contributed by atoms with Crippen LogP contribution in [0.3, 0.4) is 0 Å². The fourth-order valence-corrected chi connectivity index (χ4v) is 2.04. The molecule has 0 spiro atoms. The molecular weight excluding hydrogens is 122 g/mol. The summed E-state index contributed by atoms with van der Waals surface area (Å²) in [7, 11) is 2.23. The molecule has 2 unspecified atom stereocenters. The molecule has 0 saturated carbocycles. The van der Waals surface area contributed by atoms with E-state index in [-0.39, 0.29) is 0 Å². The van der Waals surface area contributed by atoms with Crippen LogP contribution in [0.1, 0.15) is 26.7 Å². The highest BCUT2D eigenvalue weighted by Gasteiger charge is 2.25. The van der Waals surface area contributed by atoms with Crippen LogP contribution in [-0.2, 0) is 0 Å². The molecule has 0 N–H and O–H groups in total. The highest BCUT2D eigenvalue weighted by Crippen LogP contribution is 2.25. The molecule has 1 nitrogen and oxygen atoms in total. The summed E-state index contributed by atoms with van der Waals surface area (Å²) < 4.78 is 0. The van der Waals surface area contributed by atoms with Gasteiger partial charge in [-0.25, -0.2) is 0 Å². The van der Waals surface area contributed by atoms with E-state index >= 15 is 0 Å². The molecule has 0 radical (unpaired) electrons. The second kappa shape index (κ2) is 3.38. The third-order valence-corrected chi connectivity index (χ3v) is 2.61. The molecule has 0 bridgehead atoms. The minimum atomic E-state index is 0.935. The van der Waals surface area contributed by atoms with Gasteiger partial charge in [-0.1, -0.05) is 20.3 Å². The average molecular weight is 141 g/mol. The Hall–Kier alpha value is -0.0400. The standard InChI is InChI=1S/C9H19N/c1-4-5-9-7-10(3)6-8(9)2/h8-9H,4-7H2,1-3H3. The summed E-state index contributed by atoms with van der Waals surface area (Å²) in [5.74, 6) is 1.92. The zero-order valence-corrected chi connectivity index (χ0v) is 7.43. The molecule has 10 heavy (non-hydrogen) atoms. The van der Waals surface area contributed by atoms with Crippen LogP contribution >= 0.6 is 0 Å². The van der Waals surface area contributed by atoms with Gasteiger partial charge in [0.2, 0.25) is 0 Å². The van der Waals surface area contributed by atoms with Gasteiger partial charge in [0.1, 0.15) is 0 Å². The second-order valence-electron chi connectivity index (χ2n) is 3.75. The topological polar surface area (TPSA) is 3.24 Å². The molecule has 1 rings (SSSR count). The van der Waals surface area contributed by atoms with Crippen molar-refractivity contribution in [2.75, 3.05) is 20.1 Å². The van der Waals surface area contributed by atoms with E-state index in [1.54, 1.807) is 0 Å². The summed E-state index contributed by atoms with van der Waals surface area (Å²) in [5, 5.41) is 0. The first kappa shape index (κ1) is 8.06. The van der Waals surface area contributed by atoms with Crippen molar-refractivity contribution >= 4 is 0 Å². The highest BCUT2D eigenvalue weighted by atomic mass is 15.1. The molecule has 0 aromatic rings. The predicted octanol–water partition coefficient (Wildman–Crippen LogP) is 1.98. The van der Waals surface area contributed by atoms with E-state index in [4.69, 9.17) is 0 Å². The van der Waals surface area contributed by atoms with Crippen LogP contribution < -0.4 is 0 Å². The maximum absolute atomic E-state index is 2.45. The van der Waals surface area contributed by atoms with Gasteiger partial charge in [0.15, 0.2) is 0 Å². The summed E-state index contributed by atoms with van der Waals surface area (Å²) in [6.45, 7) is 7.30. The molecule has 2 atom stereocenters. The van der Waals surface area contributed by atoms with Gasteiger partial charge in [0, 0.05) is 13.1 Å². The lowest BCUT2D eigenvalue weighted by atomic mass is 9.94. The van der Waals surface area contributed by atoms with Crippen molar-refractivity contribution in [1.29, 1.82) is 0 Å². The van der Waals surface area contributed by atoms with E-state index < -0.39 is 0 Å². The quantitative estimate of drug-likeness (QED) is 0.568. The number of hydrogen-bond acceptors (Lipinski definition) is 1. The minimum Gasteiger partial charge on any atom is -0.306 e. The van der Waals surface area contributed by atoms with Crippen molar-refractivity contribution in [3.63, 3.8) is 0 Å². The maximum atomic E-state index is 2.45. The Kier molecular flexibility index (Phi) is 2.72. The van der Waals surface area contributed by atoms with Gasteiger partial charge >= 0.3 is 0 Å². The Labute approximate surface area is 64.4 Å². The Balaban J connectivity index is 2.31. The molecule has 1 heteroatoms. The first-order valence-electron chi connectivity index (χ1n) is 4.42. The summed E-state index contributed by atoms with van der Waals surface area (Å²) in [5.41, 5.74) is 0. The van der Waals surface area contributed by atoms with Gasteiger partial charge in [0.05, 0.1) is 0 Å². The van der Waals surface area contributed by atoms with Crippen LogP contribution in [0.15, 0.2) is 0 Å². The number of hydrogen-bond donors (Lipinski definition) is 0. The smallest absolute Gasteiger partial charge is 0.000975 e. The molecule has 1 fully saturated rings. The second-order valence-corrected chi connectivity index (χ2v) is 3.75. The maximum Gasteiger partial charge on any atom is 0.000975 e. The van der Waals surface area contributed by atoms with Crippen LogP contribution in [0.25, 0.3) is 0 Å². The van der Waals surface area contributed by atoms with E-state index in [1.165, 1.54) is 25.9 Å². The van der Waals surface area contributed by atoms with E-state index in [0.29, 0.717) is 0 Å². The lowest BCUT2D eigenvalue weighted by Gasteiger charge is -2.11. The SMILES string of the molecule is CCCC1CN(C)CC1C. The monoisotopic (exact) mass is 141 g/mol. The Morgan fingerprint density at radius 3 is 2.50 bits per heavy atom. The summed E-state index contributed by atoms with van der Waals surface area (Å²) in [6, 6.07) is 0. The van der Waals surface area contributed by atoms with Gasteiger partial charge in [0.25, 0.3) is 0 Å². The lowest BCUT2D eigenvalue weighted by molar-refractivity contribution is 0.386. The predicted molar refractivity (Wildman–Crippen MR) is 45.1 cm³/mol. The molecular formula is C9H19N. The van der Waals surface area contributed by atoms with E-state index in [1.807, 2.05) is 0 Å². The summed E-state index contributed by atoms with van der Waals surface area (Å²) >= 11 is 0. The molecule has 0 aromatic heterocycles. The third-order valence-electron chi connectivity index (χ3n) is 2.61. The van der Waals surface area contributed by atoms with Gasteiger partial charge in [-0.15, -0.1) is 0 Å². The van der Waals surface area contributed by atoms with Crippen LogP contribution in [0.2, 0.25) is 0 Å². The molecule has 1 aliphatic heterocycles. The van der Waals surface area contributed by atoms with Crippen LogP contribution in [0, 0.1) is 11.8 Å². The number of nitrogens with zero attached hydrogens (tertiary/aromatic N) is 1. The van der Waals surface area contributed by atoms with Gasteiger partial charge < -0.3 is 4.90 Å². The Morgan fingerprint density at radius 1 is 1.40 bits per heavy atom. The Morgan fingerprint density at radius 2 is 2.10 bits per heavy atom. The normalized spacial score (nSPS) is 35.1. The minimum absolute atomic E-state index is 0.935. The largest absolute Gasteiger partial charge is 0.306 e. The zero-order valence-electron chi connectivity index (χ0n) is 7.43. The van der Waals surface area contributed by atoms with Gasteiger partial charge in [-0.3, -0.25) is 0 Å². The van der Waals surface area contributed by atoms with Crippen LogP contribution in [0.4, 0.5) is 0 Å². The van der Waals surface area contributed by atoms with Crippen molar-refractivity contribution in [2.24, 2.45) is 11.8 Å². The lowest BCUT2D eigenvalue weighted by Crippen LogP contribution is -2.13. The van der Waals surface area contributed by atoms with Gasteiger partial charge in [-0.05, 0) is 25.3 Å². The number of likely N-dealkylation sites (tertiary alicyclic amines) is 1. The molecule has 1 saturated heterocycles. The fourth-order valence-electron chi connectivity index (χ4n) is 2.04. The molecule has 0 amide bonds. The first-order valence-corrected chi connectivity index (χ1v) is 4.42. The van der Waals surface area contributed by atoms with Crippen LogP contribution in [-0.4, -0.2) is 25.0 Å². The van der Waals surface area contributed by atoms with Gasteiger partial charge in [-0.2, -0.15) is 0 Å². The molecule has 60 valence electrons. The van der Waals surface area contributed by atoms with Crippen LogP contribution in [0.5, 0.6) is 0 Å². The van der Waals surface area contributed by atoms with Crippen molar-refractivity contribution in [3.05, 3.63) is 0 Å². The molecule has 1 heterocycles.